The number of aryl methyl sites for hydroxylation is 1. The summed E-state index contributed by atoms with van der Waals surface area (Å²) >= 11 is 0. The Kier molecular flexibility index (Phi) is 14.8. The average molecular weight is 558 g/mol. The van der Waals surface area contributed by atoms with E-state index in [9.17, 15) is 4.79 Å². The van der Waals surface area contributed by atoms with Crippen molar-refractivity contribution in [3.05, 3.63) is 60.3 Å². The molecule has 0 amide bonds. The van der Waals surface area contributed by atoms with Crippen molar-refractivity contribution in [1.29, 1.82) is 0 Å². The van der Waals surface area contributed by atoms with Gasteiger partial charge in [-0.15, -0.1) is 0 Å². The van der Waals surface area contributed by atoms with Crippen LogP contribution in [0.5, 0.6) is 0 Å². The van der Waals surface area contributed by atoms with E-state index >= 15 is 0 Å². The topological polar surface area (TPSA) is 22.0 Å². The summed E-state index contributed by atoms with van der Waals surface area (Å²) in [6, 6.07) is 17.1. The summed E-state index contributed by atoms with van der Waals surface area (Å²) in [4.78, 5) is 13.4. The van der Waals surface area contributed by atoms with Crippen LogP contribution >= 0.6 is 0 Å². The first-order valence-corrected chi connectivity index (χ1v) is 17.1. The Hall–Kier alpha value is -2.35. The van der Waals surface area contributed by atoms with Gasteiger partial charge in [0, 0.05) is 34.6 Å². The third kappa shape index (κ3) is 11.4. The number of unbranched alkanes of at least 4 members (excludes halogenated alkanes) is 17. The zero-order valence-electron chi connectivity index (χ0n) is 27.0. The molecule has 0 aliphatic heterocycles. The molecule has 1 heterocycles. The van der Waals surface area contributed by atoms with Crippen molar-refractivity contribution in [3.63, 3.8) is 0 Å². The molecule has 3 aromatic rings. The van der Waals surface area contributed by atoms with Crippen molar-refractivity contribution in [2.75, 3.05) is 0 Å². The maximum Gasteiger partial charge on any atom is 0.170 e. The predicted molar refractivity (Wildman–Crippen MR) is 180 cm³/mol. The number of carbonyl (C=O) groups excluding carboxylic acids is 1. The zero-order chi connectivity index (χ0) is 29.3. The molecule has 0 fully saturated rings. The average Bonchev–Trinajstić information content (AvgIpc) is 3.33. The number of ketones is 1. The Bertz CT molecular complexity index is 1130. The van der Waals surface area contributed by atoms with E-state index in [1.165, 1.54) is 132 Å². The Balaban J connectivity index is 1.34. The maximum absolute atomic E-state index is 13.4. The van der Waals surface area contributed by atoms with Gasteiger partial charge >= 0.3 is 0 Å². The highest BCUT2D eigenvalue weighted by atomic mass is 16.1. The van der Waals surface area contributed by atoms with E-state index in [2.05, 4.69) is 60.2 Å². The second-order valence-corrected chi connectivity index (χ2v) is 13.4. The van der Waals surface area contributed by atoms with Gasteiger partial charge in [-0.25, -0.2) is 0 Å². The number of carbonyl (C=O) groups is 1. The fraction of sp³-hybridized carbons (Fsp3) is 0.615. The molecule has 0 aliphatic rings. The van der Waals surface area contributed by atoms with Crippen LogP contribution in [0, 0.1) is 5.41 Å². The second kappa shape index (κ2) is 18.2. The van der Waals surface area contributed by atoms with Gasteiger partial charge in [0.05, 0.1) is 0 Å². The van der Waals surface area contributed by atoms with Crippen LogP contribution in [-0.2, 0) is 6.54 Å². The van der Waals surface area contributed by atoms with E-state index < -0.39 is 5.41 Å². The van der Waals surface area contributed by atoms with Crippen LogP contribution in [0.25, 0.3) is 22.0 Å². The predicted octanol–water partition coefficient (Wildman–Crippen LogP) is 12.6. The smallest absolute Gasteiger partial charge is 0.170 e. The molecule has 0 unspecified atom stereocenters. The second-order valence-electron chi connectivity index (χ2n) is 13.4. The summed E-state index contributed by atoms with van der Waals surface area (Å²) in [5.41, 5.74) is 4.03. The number of Topliss-reactive ketones (excluding diaryl/α,β-unsaturated/α-hetero) is 1. The van der Waals surface area contributed by atoms with Crippen molar-refractivity contribution in [1.82, 2.24) is 4.57 Å². The van der Waals surface area contributed by atoms with E-state index in [1.807, 2.05) is 26.8 Å². The van der Waals surface area contributed by atoms with E-state index in [1.54, 1.807) is 0 Å². The molecule has 0 radical (unpaired) electrons. The van der Waals surface area contributed by atoms with Crippen LogP contribution in [0.3, 0.4) is 0 Å². The molecule has 41 heavy (non-hydrogen) atoms. The zero-order valence-corrected chi connectivity index (χ0v) is 27.0. The van der Waals surface area contributed by atoms with Gasteiger partial charge in [-0.2, -0.15) is 0 Å². The van der Waals surface area contributed by atoms with Crippen molar-refractivity contribution in [2.45, 2.75) is 150 Å². The molecule has 226 valence electrons. The molecular weight excluding hydrogens is 498 g/mol. The fourth-order valence-electron chi connectivity index (χ4n) is 6.06. The summed E-state index contributed by atoms with van der Waals surface area (Å²) < 4.78 is 2.33. The van der Waals surface area contributed by atoms with Gasteiger partial charge < -0.3 is 4.57 Å². The molecule has 2 aromatic carbocycles. The summed E-state index contributed by atoms with van der Waals surface area (Å²) in [5.74, 6) is 0.226. The van der Waals surface area contributed by atoms with Crippen molar-refractivity contribution >= 4 is 16.7 Å². The highest BCUT2D eigenvalue weighted by Crippen LogP contribution is 2.32. The lowest BCUT2D eigenvalue weighted by atomic mass is 9.86. The van der Waals surface area contributed by atoms with Crippen molar-refractivity contribution < 1.29 is 4.79 Å². The number of aromatic nitrogens is 1. The first kappa shape index (κ1) is 33.2. The van der Waals surface area contributed by atoms with Gasteiger partial charge in [0.2, 0.25) is 0 Å². The van der Waals surface area contributed by atoms with Crippen LogP contribution in [0.4, 0.5) is 0 Å². The standard InChI is InChI=1S/C39H59NO/c1-5-6-7-8-9-10-11-12-13-14-15-16-17-18-19-20-21-25-30-40-32-36(38(41)39(2,3)4)35-31-34(28-29-37(35)40)33-26-23-22-24-27-33/h22-24,26-29,31-32H,5-21,25,30H2,1-4H3. The quantitative estimate of drug-likeness (QED) is 0.0943. The minimum absolute atomic E-state index is 0.226. The number of fused-ring (bicyclic) bond motifs is 1. The highest BCUT2D eigenvalue weighted by Gasteiger charge is 2.26. The van der Waals surface area contributed by atoms with E-state index in [-0.39, 0.29) is 5.78 Å². The SMILES string of the molecule is CCCCCCCCCCCCCCCCCCCCn1cc(C(=O)C(C)(C)C)c2cc(-c3ccccc3)ccc21. The fourth-order valence-corrected chi connectivity index (χ4v) is 6.06. The molecule has 2 heteroatoms. The van der Waals surface area contributed by atoms with Gasteiger partial charge in [0.15, 0.2) is 5.78 Å². The molecule has 0 aliphatic carbocycles. The molecule has 0 bridgehead atoms. The van der Waals surface area contributed by atoms with Gasteiger partial charge in [-0.3, -0.25) is 4.79 Å². The lowest BCUT2D eigenvalue weighted by molar-refractivity contribution is 0.0860. The molecule has 0 N–H and O–H groups in total. The van der Waals surface area contributed by atoms with Crippen molar-refractivity contribution in [2.24, 2.45) is 5.41 Å². The van der Waals surface area contributed by atoms with Crippen LogP contribution in [-0.4, -0.2) is 10.4 Å². The normalized spacial score (nSPS) is 11.9. The number of benzene rings is 2. The summed E-state index contributed by atoms with van der Waals surface area (Å²) in [6.07, 6.45) is 27.2. The summed E-state index contributed by atoms with van der Waals surface area (Å²) in [6.45, 7) is 9.35. The molecule has 1 aromatic heterocycles. The van der Waals surface area contributed by atoms with Gasteiger partial charge in [-0.05, 0) is 29.7 Å². The van der Waals surface area contributed by atoms with Gasteiger partial charge in [-0.1, -0.05) is 173 Å². The third-order valence-electron chi connectivity index (χ3n) is 8.67. The molecule has 0 saturated carbocycles. The van der Waals surface area contributed by atoms with Gasteiger partial charge in [0.25, 0.3) is 0 Å². The first-order chi connectivity index (χ1) is 19.9. The molecule has 3 rings (SSSR count). The van der Waals surface area contributed by atoms with Crippen LogP contribution in [0.15, 0.2) is 54.7 Å². The Morgan fingerprint density at radius 1 is 0.610 bits per heavy atom. The molecule has 0 saturated heterocycles. The monoisotopic (exact) mass is 557 g/mol. The Labute approximate surface area is 252 Å². The number of hydrogen-bond acceptors (Lipinski definition) is 1. The number of hydrogen-bond donors (Lipinski definition) is 0. The van der Waals surface area contributed by atoms with Crippen LogP contribution in [0.2, 0.25) is 0 Å². The first-order valence-electron chi connectivity index (χ1n) is 17.1. The maximum atomic E-state index is 13.4. The third-order valence-corrected chi connectivity index (χ3v) is 8.67. The van der Waals surface area contributed by atoms with Crippen LogP contribution < -0.4 is 0 Å². The Morgan fingerprint density at radius 3 is 1.59 bits per heavy atom. The molecular formula is C39H59NO. The Morgan fingerprint density at radius 2 is 1.10 bits per heavy atom. The minimum Gasteiger partial charge on any atom is -0.347 e. The molecule has 2 nitrogen and oxygen atoms in total. The van der Waals surface area contributed by atoms with E-state index in [0.717, 1.165) is 17.5 Å². The lowest BCUT2D eigenvalue weighted by Crippen LogP contribution is -2.19. The number of nitrogens with zero attached hydrogens (tertiary/aromatic N) is 1. The van der Waals surface area contributed by atoms with E-state index in [0.29, 0.717) is 0 Å². The minimum atomic E-state index is -0.393. The van der Waals surface area contributed by atoms with Crippen LogP contribution in [0.1, 0.15) is 154 Å². The van der Waals surface area contributed by atoms with E-state index in [4.69, 9.17) is 0 Å². The molecule has 0 atom stereocenters. The number of rotatable bonds is 21. The lowest BCUT2D eigenvalue weighted by Gasteiger charge is -2.15. The molecule has 0 spiro atoms. The van der Waals surface area contributed by atoms with Gasteiger partial charge in [0.1, 0.15) is 0 Å². The largest absolute Gasteiger partial charge is 0.347 e. The van der Waals surface area contributed by atoms with Crippen molar-refractivity contribution in [3.8, 4) is 11.1 Å². The highest BCUT2D eigenvalue weighted by molar-refractivity contribution is 6.11. The summed E-state index contributed by atoms with van der Waals surface area (Å²) in [7, 11) is 0. The summed E-state index contributed by atoms with van der Waals surface area (Å²) in [5, 5.41) is 1.09.